The van der Waals surface area contributed by atoms with Crippen LogP contribution in [0, 0.1) is 11.3 Å². The molecule has 0 aliphatic rings. The van der Waals surface area contributed by atoms with Crippen molar-refractivity contribution in [2.45, 2.75) is 40.0 Å². The number of alkyl halides is 1. The average molecular weight is 269 g/mol. The molecule has 0 saturated carbocycles. The third kappa shape index (κ3) is 5.30. The van der Waals surface area contributed by atoms with Crippen LogP contribution in [0.1, 0.15) is 39.2 Å². The molecule has 0 aliphatic carbocycles. The quantitative estimate of drug-likeness (QED) is 0.666. The van der Waals surface area contributed by atoms with E-state index in [1.54, 1.807) is 7.11 Å². The largest absolute Gasteiger partial charge is 0.496 e. The molecule has 102 valence electrons. The Morgan fingerprint density at radius 2 is 1.89 bits per heavy atom. The zero-order chi connectivity index (χ0) is 13.6. The summed E-state index contributed by atoms with van der Waals surface area (Å²) >= 11 is 6.10. The topological polar surface area (TPSA) is 9.23 Å². The van der Waals surface area contributed by atoms with Crippen molar-refractivity contribution in [3.63, 3.8) is 0 Å². The van der Waals surface area contributed by atoms with E-state index in [0.29, 0.717) is 17.2 Å². The number of ether oxygens (including phenoxy) is 1. The lowest BCUT2D eigenvalue weighted by Crippen LogP contribution is -2.13. The van der Waals surface area contributed by atoms with Gasteiger partial charge in [0.2, 0.25) is 0 Å². The number of hydrogen-bond acceptors (Lipinski definition) is 1. The second kappa shape index (κ2) is 7.04. The molecule has 1 atom stereocenters. The van der Waals surface area contributed by atoms with Gasteiger partial charge < -0.3 is 4.74 Å². The van der Waals surface area contributed by atoms with Crippen LogP contribution < -0.4 is 4.74 Å². The molecule has 0 aromatic heterocycles. The van der Waals surface area contributed by atoms with Crippen molar-refractivity contribution in [2.75, 3.05) is 13.0 Å². The predicted molar refractivity (Wildman–Crippen MR) is 79.6 cm³/mol. The Hall–Kier alpha value is -0.690. The summed E-state index contributed by atoms with van der Waals surface area (Å²) in [5.74, 6) is 2.22. The van der Waals surface area contributed by atoms with Gasteiger partial charge >= 0.3 is 0 Å². The minimum atomic E-state index is 0.380. The highest BCUT2D eigenvalue weighted by atomic mass is 35.5. The van der Waals surface area contributed by atoms with Gasteiger partial charge in [0, 0.05) is 5.88 Å². The second-order valence-electron chi connectivity index (χ2n) is 6.14. The van der Waals surface area contributed by atoms with Crippen LogP contribution in [0.3, 0.4) is 0 Å². The summed E-state index contributed by atoms with van der Waals surface area (Å²) in [7, 11) is 1.73. The summed E-state index contributed by atoms with van der Waals surface area (Å²) in [6.45, 7) is 6.84. The Balaban J connectivity index is 2.62. The molecule has 1 aromatic carbocycles. The normalized spacial score (nSPS) is 13.4. The molecule has 1 nitrogen and oxygen atoms in total. The number of methoxy groups -OCH3 is 1. The molecule has 1 rings (SSSR count). The maximum atomic E-state index is 6.10. The summed E-state index contributed by atoms with van der Waals surface area (Å²) in [4.78, 5) is 0. The molecule has 0 spiro atoms. The number of benzene rings is 1. The van der Waals surface area contributed by atoms with Gasteiger partial charge in [-0.05, 0) is 42.2 Å². The van der Waals surface area contributed by atoms with Gasteiger partial charge in [0.25, 0.3) is 0 Å². The van der Waals surface area contributed by atoms with Crippen LogP contribution in [0.5, 0.6) is 5.75 Å². The summed E-state index contributed by atoms with van der Waals surface area (Å²) in [5, 5.41) is 0. The lowest BCUT2D eigenvalue weighted by Gasteiger charge is -2.22. The van der Waals surface area contributed by atoms with E-state index in [1.807, 2.05) is 12.1 Å². The van der Waals surface area contributed by atoms with Crippen LogP contribution in [-0.4, -0.2) is 13.0 Å². The summed E-state index contributed by atoms with van der Waals surface area (Å²) < 4.78 is 5.39. The third-order valence-electron chi connectivity index (χ3n) is 3.22. The van der Waals surface area contributed by atoms with E-state index in [9.17, 15) is 0 Å². The van der Waals surface area contributed by atoms with E-state index < -0.39 is 0 Å². The molecule has 0 fully saturated rings. The Morgan fingerprint density at radius 3 is 2.44 bits per heavy atom. The monoisotopic (exact) mass is 268 g/mol. The Kier molecular flexibility index (Phi) is 6.01. The summed E-state index contributed by atoms with van der Waals surface area (Å²) in [6, 6.07) is 8.22. The number of para-hydroxylation sites is 1. The lowest BCUT2D eigenvalue weighted by molar-refractivity contribution is 0.329. The standard InChI is InChI=1S/C16H25ClO/c1-16(2,3)10-9-13(12-17)11-14-7-5-6-8-15(14)18-4/h5-8,13H,9-12H2,1-4H3. The fourth-order valence-electron chi connectivity index (χ4n) is 2.05. The molecule has 2 heteroatoms. The van der Waals surface area contributed by atoms with Crippen LogP contribution in [0.25, 0.3) is 0 Å². The molecular weight excluding hydrogens is 244 g/mol. The molecule has 0 aliphatic heterocycles. The average Bonchev–Trinajstić information content (AvgIpc) is 2.33. The molecule has 1 unspecified atom stereocenters. The molecule has 0 saturated heterocycles. The predicted octanol–water partition coefficient (Wildman–Crippen LogP) is 4.92. The smallest absolute Gasteiger partial charge is 0.122 e. The first-order chi connectivity index (χ1) is 8.46. The molecule has 1 aromatic rings. The molecule has 0 amide bonds. The molecular formula is C16H25ClO. The SMILES string of the molecule is COc1ccccc1CC(CCl)CCC(C)(C)C. The van der Waals surface area contributed by atoms with Gasteiger partial charge in [-0.25, -0.2) is 0 Å². The van der Waals surface area contributed by atoms with Gasteiger partial charge in [0.05, 0.1) is 7.11 Å². The van der Waals surface area contributed by atoms with Gasteiger partial charge in [0.15, 0.2) is 0 Å². The fraction of sp³-hybridized carbons (Fsp3) is 0.625. The lowest BCUT2D eigenvalue weighted by atomic mass is 9.85. The van der Waals surface area contributed by atoms with Crippen LogP contribution in [-0.2, 0) is 6.42 Å². The first-order valence-corrected chi connectivity index (χ1v) is 7.17. The van der Waals surface area contributed by atoms with Crippen molar-refractivity contribution in [3.8, 4) is 5.75 Å². The van der Waals surface area contributed by atoms with E-state index in [4.69, 9.17) is 16.3 Å². The van der Waals surface area contributed by atoms with E-state index in [2.05, 4.69) is 32.9 Å². The Bertz CT molecular complexity index is 354. The van der Waals surface area contributed by atoms with E-state index in [1.165, 1.54) is 18.4 Å². The molecule has 0 heterocycles. The van der Waals surface area contributed by atoms with Gasteiger partial charge in [-0.2, -0.15) is 0 Å². The number of halogens is 1. The van der Waals surface area contributed by atoms with Gasteiger partial charge in [0.1, 0.15) is 5.75 Å². The third-order valence-corrected chi connectivity index (χ3v) is 3.66. The fourth-order valence-corrected chi connectivity index (χ4v) is 2.32. The maximum Gasteiger partial charge on any atom is 0.122 e. The zero-order valence-corrected chi connectivity index (χ0v) is 12.8. The van der Waals surface area contributed by atoms with E-state index >= 15 is 0 Å². The van der Waals surface area contributed by atoms with E-state index in [-0.39, 0.29) is 0 Å². The van der Waals surface area contributed by atoms with Crippen molar-refractivity contribution < 1.29 is 4.74 Å². The first-order valence-electron chi connectivity index (χ1n) is 6.64. The first kappa shape index (κ1) is 15.4. The Labute approximate surface area is 116 Å². The van der Waals surface area contributed by atoms with Crippen molar-refractivity contribution in [3.05, 3.63) is 29.8 Å². The van der Waals surface area contributed by atoms with Crippen LogP contribution in [0.2, 0.25) is 0 Å². The van der Waals surface area contributed by atoms with Gasteiger partial charge in [-0.15, -0.1) is 11.6 Å². The van der Waals surface area contributed by atoms with Crippen LogP contribution in [0.4, 0.5) is 0 Å². The molecule has 0 radical (unpaired) electrons. The summed E-state index contributed by atoms with van der Waals surface area (Å²) in [5.41, 5.74) is 1.64. The zero-order valence-electron chi connectivity index (χ0n) is 12.0. The summed E-state index contributed by atoms with van der Waals surface area (Å²) in [6.07, 6.45) is 3.38. The van der Waals surface area contributed by atoms with Crippen molar-refractivity contribution in [1.82, 2.24) is 0 Å². The van der Waals surface area contributed by atoms with Crippen molar-refractivity contribution >= 4 is 11.6 Å². The maximum absolute atomic E-state index is 6.10. The number of rotatable bonds is 6. The van der Waals surface area contributed by atoms with Crippen LogP contribution >= 0.6 is 11.6 Å². The molecule has 0 bridgehead atoms. The second-order valence-corrected chi connectivity index (χ2v) is 6.44. The Morgan fingerprint density at radius 1 is 1.22 bits per heavy atom. The minimum Gasteiger partial charge on any atom is -0.496 e. The van der Waals surface area contributed by atoms with Crippen LogP contribution in [0.15, 0.2) is 24.3 Å². The van der Waals surface area contributed by atoms with Crippen molar-refractivity contribution in [1.29, 1.82) is 0 Å². The minimum absolute atomic E-state index is 0.380. The highest BCUT2D eigenvalue weighted by molar-refractivity contribution is 6.18. The van der Waals surface area contributed by atoms with E-state index in [0.717, 1.165) is 12.2 Å². The molecule has 18 heavy (non-hydrogen) atoms. The van der Waals surface area contributed by atoms with Crippen molar-refractivity contribution in [2.24, 2.45) is 11.3 Å². The number of hydrogen-bond donors (Lipinski definition) is 0. The highest BCUT2D eigenvalue weighted by Crippen LogP contribution is 2.28. The van der Waals surface area contributed by atoms with Gasteiger partial charge in [-0.3, -0.25) is 0 Å². The van der Waals surface area contributed by atoms with Gasteiger partial charge in [-0.1, -0.05) is 39.0 Å². The molecule has 0 N–H and O–H groups in total. The highest BCUT2D eigenvalue weighted by Gasteiger charge is 2.16.